The third kappa shape index (κ3) is 4.88. The Morgan fingerprint density at radius 2 is 1.75 bits per heavy atom. The van der Waals surface area contributed by atoms with Crippen LogP contribution >= 0.6 is 0 Å². The maximum atomic E-state index is 12.1. The van der Waals surface area contributed by atoms with Crippen molar-refractivity contribution in [1.29, 1.82) is 0 Å². The molecule has 0 saturated heterocycles. The van der Waals surface area contributed by atoms with E-state index in [2.05, 4.69) is 25.6 Å². The van der Waals surface area contributed by atoms with Gasteiger partial charge in [0.2, 0.25) is 10.0 Å². The summed E-state index contributed by atoms with van der Waals surface area (Å²) >= 11 is 0. The van der Waals surface area contributed by atoms with Crippen molar-refractivity contribution in [3.8, 4) is 0 Å². The van der Waals surface area contributed by atoms with Crippen LogP contribution in [0, 0.1) is 0 Å². The highest BCUT2D eigenvalue weighted by Gasteiger charge is 2.17. The van der Waals surface area contributed by atoms with Gasteiger partial charge in [0.05, 0.1) is 9.79 Å². The van der Waals surface area contributed by atoms with Crippen LogP contribution in [0.25, 0.3) is 10.9 Å². The molecule has 0 aliphatic carbocycles. The Kier molecular flexibility index (Phi) is 5.59. The van der Waals surface area contributed by atoms with Gasteiger partial charge in [-0.25, -0.2) is 31.9 Å². The molecular formula is C20H20N6O4S2. The summed E-state index contributed by atoms with van der Waals surface area (Å²) in [4.78, 5) is 11.3. The fourth-order valence-corrected chi connectivity index (χ4v) is 4.70. The Balaban J connectivity index is 1.56. The number of rotatable bonds is 7. The number of hydrogen-bond donors (Lipinski definition) is 4. The van der Waals surface area contributed by atoms with Gasteiger partial charge in [-0.3, -0.25) is 0 Å². The number of primary sulfonamides is 1. The number of hydrogen-bond acceptors (Lipinski definition) is 8. The average molecular weight is 473 g/mol. The van der Waals surface area contributed by atoms with Gasteiger partial charge in [-0.05, 0) is 47.3 Å². The molecule has 2 heterocycles. The Bertz CT molecular complexity index is 1510. The maximum Gasteiger partial charge on any atom is 0.238 e. The summed E-state index contributed by atoms with van der Waals surface area (Å²) < 4.78 is 47.6. The Morgan fingerprint density at radius 1 is 0.969 bits per heavy atom. The van der Waals surface area contributed by atoms with Crippen molar-refractivity contribution in [2.75, 3.05) is 16.9 Å². The van der Waals surface area contributed by atoms with E-state index in [0.717, 1.165) is 22.8 Å². The molecule has 166 valence electrons. The van der Waals surface area contributed by atoms with Gasteiger partial charge in [0.25, 0.3) is 0 Å². The lowest BCUT2D eigenvalue weighted by molar-refractivity contribution is 0.594. The van der Waals surface area contributed by atoms with E-state index in [1.54, 1.807) is 6.07 Å². The monoisotopic (exact) mass is 472 g/mol. The Morgan fingerprint density at radius 3 is 2.50 bits per heavy atom. The number of aromatic amines is 1. The van der Waals surface area contributed by atoms with Crippen LogP contribution in [0.1, 0.15) is 5.56 Å². The van der Waals surface area contributed by atoms with Crippen LogP contribution in [0.4, 0.5) is 17.3 Å². The molecule has 0 aliphatic heterocycles. The van der Waals surface area contributed by atoms with E-state index >= 15 is 0 Å². The summed E-state index contributed by atoms with van der Waals surface area (Å²) in [6.45, 7) is 0.0106. The normalized spacial score (nSPS) is 12.1. The van der Waals surface area contributed by atoms with E-state index in [9.17, 15) is 16.8 Å². The summed E-state index contributed by atoms with van der Waals surface area (Å²) in [5.41, 5.74) is 2.06. The number of fused-ring (bicyclic) bond motifs is 1. The second-order valence-corrected chi connectivity index (χ2v) is 10.7. The predicted octanol–water partition coefficient (Wildman–Crippen LogP) is 2.36. The molecule has 2 aromatic heterocycles. The molecule has 0 aliphatic rings. The SMILES string of the molecule is CS(=O)(=O)c1ccc(S(N)(=O)=O)cc1CNc1cc(Nc2ccc3cc[nH]c3c2)ncn1. The number of H-pyrrole nitrogens is 1. The van der Waals surface area contributed by atoms with Crippen LogP contribution in [0.5, 0.6) is 0 Å². The molecular weight excluding hydrogens is 452 g/mol. The molecule has 0 unspecified atom stereocenters. The highest BCUT2D eigenvalue weighted by atomic mass is 32.2. The first-order chi connectivity index (χ1) is 15.1. The molecule has 32 heavy (non-hydrogen) atoms. The fourth-order valence-electron chi connectivity index (χ4n) is 3.21. The molecule has 4 rings (SSSR count). The molecule has 0 radical (unpaired) electrons. The molecule has 10 nitrogen and oxygen atoms in total. The lowest BCUT2D eigenvalue weighted by Gasteiger charge is -2.12. The van der Waals surface area contributed by atoms with Crippen LogP contribution in [0.15, 0.2) is 70.8 Å². The number of aromatic nitrogens is 3. The number of nitrogens with zero attached hydrogens (tertiary/aromatic N) is 2. The lowest BCUT2D eigenvalue weighted by Crippen LogP contribution is -2.15. The van der Waals surface area contributed by atoms with E-state index in [0.29, 0.717) is 11.6 Å². The van der Waals surface area contributed by atoms with Crippen LogP contribution in [0.3, 0.4) is 0 Å². The van der Waals surface area contributed by atoms with Crippen molar-refractivity contribution in [2.24, 2.45) is 5.14 Å². The van der Waals surface area contributed by atoms with Gasteiger partial charge in [0.15, 0.2) is 9.84 Å². The molecule has 0 bridgehead atoms. The highest BCUT2D eigenvalue weighted by Crippen LogP contribution is 2.23. The summed E-state index contributed by atoms with van der Waals surface area (Å²) in [6, 6.07) is 13.1. The van der Waals surface area contributed by atoms with Gasteiger partial charge < -0.3 is 15.6 Å². The quantitative estimate of drug-likeness (QED) is 0.319. The van der Waals surface area contributed by atoms with Crippen molar-refractivity contribution >= 4 is 48.1 Å². The van der Waals surface area contributed by atoms with Crippen molar-refractivity contribution < 1.29 is 16.8 Å². The summed E-state index contributed by atoms with van der Waals surface area (Å²) in [6.07, 6.45) is 4.27. The molecule has 0 spiro atoms. The second-order valence-electron chi connectivity index (χ2n) is 7.13. The average Bonchev–Trinajstić information content (AvgIpc) is 3.19. The van der Waals surface area contributed by atoms with Gasteiger partial charge in [-0.1, -0.05) is 6.07 Å². The largest absolute Gasteiger partial charge is 0.366 e. The zero-order chi connectivity index (χ0) is 22.9. The molecule has 0 atom stereocenters. The van der Waals surface area contributed by atoms with Crippen molar-refractivity contribution in [3.05, 3.63) is 66.6 Å². The minimum atomic E-state index is -3.98. The number of nitrogens with two attached hydrogens (primary N) is 1. The third-order valence-electron chi connectivity index (χ3n) is 4.71. The molecule has 2 aromatic carbocycles. The first-order valence-corrected chi connectivity index (χ1v) is 12.8. The summed E-state index contributed by atoms with van der Waals surface area (Å²) in [5, 5.41) is 12.5. The van der Waals surface area contributed by atoms with Crippen molar-refractivity contribution in [2.45, 2.75) is 16.3 Å². The third-order valence-corrected chi connectivity index (χ3v) is 6.82. The maximum absolute atomic E-state index is 12.1. The molecule has 5 N–H and O–H groups in total. The first-order valence-electron chi connectivity index (χ1n) is 9.35. The standard InChI is InChI=1S/C20H20N6O4S2/c1-31(27,28)18-5-4-16(32(21,29)30)8-14(18)11-23-19-10-20(25-12-24-19)26-15-3-2-13-6-7-22-17(13)9-15/h2-10,12,22H,11H2,1H3,(H2,21,29,30)(H2,23,24,25,26). The van der Waals surface area contributed by atoms with Crippen LogP contribution in [-0.4, -0.2) is 38.0 Å². The van der Waals surface area contributed by atoms with Gasteiger partial charge in [-0.2, -0.15) is 0 Å². The van der Waals surface area contributed by atoms with Crippen LogP contribution < -0.4 is 15.8 Å². The molecule has 0 amide bonds. The molecule has 12 heteroatoms. The number of anilines is 3. The molecule has 0 saturated carbocycles. The minimum absolute atomic E-state index is 0.00375. The van der Waals surface area contributed by atoms with E-state index in [1.807, 2.05) is 30.5 Å². The van der Waals surface area contributed by atoms with Gasteiger partial charge >= 0.3 is 0 Å². The number of sulfonamides is 1. The zero-order valence-corrected chi connectivity index (χ0v) is 18.5. The van der Waals surface area contributed by atoms with E-state index < -0.39 is 19.9 Å². The second kappa shape index (κ2) is 8.22. The van der Waals surface area contributed by atoms with Gasteiger partial charge in [0, 0.05) is 36.3 Å². The summed E-state index contributed by atoms with van der Waals surface area (Å²) in [7, 11) is -7.57. The predicted molar refractivity (Wildman–Crippen MR) is 122 cm³/mol. The number of benzene rings is 2. The van der Waals surface area contributed by atoms with Crippen molar-refractivity contribution in [3.63, 3.8) is 0 Å². The topological polar surface area (TPSA) is 160 Å². The minimum Gasteiger partial charge on any atom is -0.366 e. The Hall–Kier alpha value is -3.48. The fraction of sp³-hybridized carbons (Fsp3) is 0.100. The lowest BCUT2D eigenvalue weighted by atomic mass is 10.2. The molecule has 0 fully saturated rings. The van der Waals surface area contributed by atoms with E-state index in [4.69, 9.17) is 5.14 Å². The van der Waals surface area contributed by atoms with Gasteiger partial charge in [-0.15, -0.1) is 0 Å². The summed E-state index contributed by atoms with van der Waals surface area (Å²) in [5.74, 6) is 0.943. The van der Waals surface area contributed by atoms with Crippen LogP contribution in [0.2, 0.25) is 0 Å². The van der Waals surface area contributed by atoms with E-state index in [-0.39, 0.29) is 21.9 Å². The first kappa shape index (κ1) is 21.7. The van der Waals surface area contributed by atoms with E-state index in [1.165, 1.54) is 24.5 Å². The van der Waals surface area contributed by atoms with Gasteiger partial charge in [0.1, 0.15) is 18.0 Å². The molecule has 4 aromatic rings. The van der Waals surface area contributed by atoms with Crippen molar-refractivity contribution in [1.82, 2.24) is 15.0 Å². The number of nitrogens with one attached hydrogen (secondary N) is 3. The smallest absolute Gasteiger partial charge is 0.238 e. The zero-order valence-electron chi connectivity index (χ0n) is 16.9. The number of sulfone groups is 1. The highest BCUT2D eigenvalue weighted by molar-refractivity contribution is 7.90. The Labute approximate surface area is 184 Å². The van der Waals surface area contributed by atoms with Crippen LogP contribution in [-0.2, 0) is 26.4 Å².